The van der Waals surface area contributed by atoms with Crippen molar-refractivity contribution in [2.45, 2.75) is 0 Å². The van der Waals surface area contributed by atoms with Crippen LogP contribution in [0.5, 0.6) is 0 Å². The highest BCUT2D eigenvalue weighted by atomic mass is 16.3. The van der Waals surface area contributed by atoms with Gasteiger partial charge in [-0.05, 0) is 128 Å². The number of hydrogen-bond donors (Lipinski definition) is 0. The third kappa shape index (κ3) is 5.73. The Hall–Kier alpha value is -8.74. The first-order chi connectivity index (χ1) is 31.7. The molecule has 0 amide bonds. The summed E-state index contributed by atoms with van der Waals surface area (Å²) in [7, 11) is 0. The van der Waals surface area contributed by atoms with Crippen LogP contribution in [-0.4, -0.2) is 24.5 Å². The molecule has 0 radical (unpaired) electrons. The number of para-hydroxylation sites is 5. The number of fused-ring (bicyclic) bond motifs is 7. The maximum absolute atomic E-state index is 6.51. The van der Waals surface area contributed by atoms with E-state index in [9.17, 15) is 0 Å². The van der Waals surface area contributed by atoms with Gasteiger partial charge >= 0.3 is 0 Å². The molecule has 0 atom stereocenters. The molecule has 0 unspecified atom stereocenters. The van der Waals surface area contributed by atoms with Crippen molar-refractivity contribution in [1.29, 1.82) is 0 Å². The van der Waals surface area contributed by atoms with Crippen molar-refractivity contribution in [2.24, 2.45) is 0 Å². The number of hydrogen-bond acceptors (Lipinski definition) is 5. The molecular weight excluding hydrogens is 783 g/mol. The number of rotatable bonds is 6. The molecule has 0 spiro atoms. The fourth-order valence-electron chi connectivity index (χ4n) is 9.63. The average Bonchev–Trinajstić information content (AvgIpc) is 3.98. The molecule has 0 aliphatic carbocycles. The Morgan fingerprint density at radius 2 is 0.984 bits per heavy atom. The second-order valence-corrected chi connectivity index (χ2v) is 16.2. The summed E-state index contributed by atoms with van der Waals surface area (Å²) in [5, 5.41) is 6.48. The molecule has 4 aromatic heterocycles. The highest BCUT2D eigenvalue weighted by Gasteiger charge is 2.22. The van der Waals surface area contributed by atoms with Gasteiger partial charge in [-0.1, -0.05) is 127 Å². The van der Waals surface area contributed by atoms with Crippen LogP contribution in [-0.2, 0) is 0 Å². The fourth-order valence-corrected chi connectivity index (χ4v) is 9.63. The molecule has 4 heterocycles. The molecule has 64 heavy (non-hydrogen) atoms. The smallest absolute Gasteiger partial charge is 0.228 e. The number of nitrogens with zero attached hydrogens (tertiary/aromatic N) is 5. The number of pyridine rings is 2. The third-order valence-electron chi connectivity index (χ3n) is 12.5. The minimum absolute atomic E-state index is 0.610. The summed E-state index contributed by atoms with van der Waals surface area (Å²) in [5.41, 5.74) is 15.1. The molecule has 13 aromatic rings. The van der Waals surface area contributed by atoms with Gasteiger partial charge in [0.1, 0.15) is 11.3 Å². The Bertz CT molecular complexity index is 3870. The summed E-state index contributed by atoms with van der Waals surface area (Å²) in [4.78, 5) is 19.9. The lowest BCUT2D eigenvalue weighted by Gasteiger charge is -2.18. The van der Waals surface area contributed by atoms with Crippen LogP contribution in [0.2, 0.25) is 0 Å². The van der Waals surface area contributed by atoms with E-state index in [1.54, 1.807) is 0 Å². The Labute approximate surface area is 367 Å². The highest BCUT2D eigenvalue weighted by molar-refractivity contribution is 6.21. The quantitative estimate of drug-likeness (QED) is 0.123. The lowest BCUT2D eigenvalue weighted by Crippen LogP contribution is -1.97. The number of benzene rings is 9. The van der Waals surface area contributed by atoms with E-state index in [-0.39, 0.29) is 0 Å². The Morgan fingerprint density at radius 3 is 1.75 bits per heavy atom. The van der Waals surface area contributed by atoms with Crippen molar-refractivity contribution < 1.29 is 4.42 Å². The monoisotopic (exact) mass is 817 g/mol. The Balaban J connectivity index is 1.06. The van der Waals surface area contributed by atoms with E-state index in [2.05, 4.69) is 156 Å². The van der Waals surface area contributed by atoms with Gasteiger partial charge < -0.3 is 4.42 Å². The molecule has 0 aliphatic heterocycles. The molecule has 0 fully saturated rings. The molecule has 6 nitrogen and oxygen atoms in total. The van der Waals surface area contributed by atoms with E-state index < -0.39 is 0 Å². The maximum Gasteiger partial charge on any atom is 0.228 e. The van der Waals surface area contributed by atoms with Gasteiger partial charge in [0.2, 0.25) is 5.89 Å². The lowest BCUT2D eigenvalue weighted by molar-refractivity contribution is 0.621. The molecule has 9 aromatic carbocycles. The van der Waals surface area contributed by atoms with Gasteiger partial charge in [0, 0.05) is 34.4 Å². The number of oxazole rings is 1. The van der Waals surface area contributed by atoms with E-state index in [0.29, 0.717) is 5.89 Å². The van der Waals surface area contributed by atoms with Crippen molar-refractivity contribution in [3.05, 3.63) is 213 Å². The minimum atomic E-state index is 0.610. The lowest BCUT2D eigenvalue weighted by atomic mass is 9.85. The van der Waals surface area contributed by atoms with Crippen molar-refractivity contribution in [3.8, 4) is 61.9 Å². The van der Waals surface area contributed by atoms with Crippen LogP contribution in [0.4, 0.5) is 0 Å². The van der Waals surface area contributed by atoms with Gasteiger partial charge in [-0.15, -0.1) is 0 Å². The van der Waals surface area contributed by atoms with Gasteiger partial charge in [-0.3, -0.25) is 14.5 Å². The molecule has 13 rings (SSSR count). The fraction of sp³-hybridized carbons (Fsp3) is 0. The predicted octanol–water partition coefficient (Wildman–Crippen LogP) is 14.9. The first-order valence-corrected chi connectivity index (χ1v) is 21.4. The maximum atomic E-state index is 6.51. The van der Waals surface area contributed by atoms with E-state index in [1.807, 2.05) is 60.9 Å². The largest absolute Gasteiger partial charge is 0.436 e. The molecule has 0 saturated carbocycles. The van der Waals surface area contributed by atoms with Crippen LogP contribution >= 0.6 is 0 Å². The summed E-state index contributed by atoms with van der Waals surface area (Å²) in [5.74, 6) is 1.51. The van der Waals surface area contributed by atoms with Crippen molar-refractivity contribution >= 4 is 65.5 Å². The zero-order chi connectivity index (χ0) is 42.1. The molecule has 6 heteroatoms. The van der Waals surface area contributed by atoms with Crippen LogP contribution in [0.15, 0.2) is 217 Å². The second-order valence-electron chi connectivity index (χ2n) is 16.2. The minimum Gasteiger partial charge on any atom is -0.436 e. The van der Waals surface area contributed by atoms with Crippen molar-refractivity contribution in [3.63, 3.8) is 0 Å². The van der Waals surface area contributed by atoms with Crippen molar-refractivity contribution in [2.75, 3.05) is 0 Å². The van der Waals surface area contributed by atoms with Crippen LogP contribution < -0.4 is 0 Å². The van der Waals surface area contributed by atoms with E-state index in [0.717, 1.165) is 122 Å². The van der Waals surface area contributed by atoms with E-state index in [4.69, 9.17) is 24.4 Å². The predicted molar refractivity (Wildman–Crippen MR) is 261 cm³/mol. The van der Waals surface area contributed by atoms with Crippen LogP contribution in [0.3, 0.4) is 0 Å². The first kappa shape index (κ1) is 36.0. The number of imidazole rings is 1. The molecular formula is C58H35N5O. The normalized spacial score (nSPS) is 11.8. The van der Waals surface area contributed by atoms with Crippen LogP contribution in [0.25, 0.3) is 127 Å². The molecule has 0 N–H and O–H groups in total. The standard InChI is InChI=1S/C58H35N5O/c1-2-15-42(16-3-1)63-51-24-10-8-22-49(51)61-57(63)37-28-26-36(27-29-37)39-32-40(48-35-38-14-12-30-59-55(38)56-47(48)21-13-31-60-56)34-41(33-39)53-43-17-4-6-19-45(43)54(46-20-7-5-18-44(46)53)58-62-50-23-9-11-25-52(50)64-58/h1-35H. The topological polar surface area (TPSA) is 69.6 Å². The van der Waals surface area contributed by atoms with Crippen LogP contribution in [0.1, 0.15) is 0 Å². The average molecular weight is 818 g/mol. The zero-order valence-electron chi connectivity index (χ0n) is 34.4. The third-order valence-corrected chi connectivity index (χ3v) is 12.5. The molecule has 0 saturated heterocycles. The van der Waals surface area contributed by atoms with Gasteiger partial charge in [0.15, 0.2) is 5.58 Å². The summed E-state index contributed by atoms with van der Waals surface area (Å²) < 4.78 is 8.76. The summed E-state index contributed by atoms with van der Waals surface area (Å²) in [6.07, 6.45) is 3.70. The molecule has 0 aliphatic rings. The van der Waals surface area contributed by atoms with E-state index in [1.165, 1.54) is 0 Å². The summed E-state index contributed by atoms with van der Waals surface area (Å²) in [6.45, 7) is 0. The highest BCUT2D eigenvalue weighted by Crippen LogP contribution is 2.46. The van der Waals surface area contributed by atoms with Crippen molar-refractivity contribution in [1.82, 2.24) is 24.5 Å². The summed E-state index contributed by atoms with van der Waals surface area (Å²) in [6, 6.07) is 70.4. The van der Waals surface area contributed by atoms with Gasteiger partial charge in [0.25, 0.3) is 0 Å². The number of aromatic nitrogens is 5. The van der Waals surface area contributed by atoms with Crippen LogP contribution in [0, 0.1) is 0 Å². The SMILES string of the molecule is c1ccc(-n2c(-c3ccc(-c4cc(-c5c6ccccc6c(-c6nc7ccccc7o6)c6ccccc56)cc(-c5cc6cccnc6c6ncccc56)c4)cc3)nc3ccccc32)cc1. The molecule has 0 bridgehead atoms. The second kappa shape index (κ2) is 14.4. The Kier molecular flexibility index (Phi) is 8.11. The first-order valence-electron chi connectivity index (χ1n) is 21.4. The Morgan fingerprint density at radius 1 is 0.391 bits per heavy atom. The van der Waals surface area contributed by atoms with Gasteiger partial charge in [-0.2, -0.15) is 0 Å². The van der Waals surface area contributed by atoms with E-state index >= 15 is 0 Å². The zero-order valence-corrected chi connectivity index (χ0v) is 34.4. The van der Waals surface area contributed by atoms with Gasteiger partial charge in [0.05, 0.1) is 27.6 Å². The van der Waals surface area contributed by atoms with Gasteiger partial charge in [-0.25, -0.2) is 9.97 Å². The summed E-state index contributed by atoms with van der Waals surface area (Å²) >= 11 is 0. The molecule has 298 valence electrons.